The van der Waals surface area contributed by atoms with E-state index in [-0.39, 0.29) is 19.0 Å². The van der Waals surface area contributed by atoms with E-state index in [4.69, 9.17) is 9.47 Å². The predicted molar refractivity (Wildman–Crippen MR) is 93.0 cm³/mol. The Balaban J connectivity index is 2.77. The summed E-state index contributed by atoms with van der Waals surface area (Å²) in [6, 6.07) is 5.42. The third kappa shape index (κ3) is 6.37. The number of carbonyl (C=O) groups is 1. The molecule has 0 radical (unpaired) electrons. The molecule has 0 aliphatic heterocycles. The van der Waals surface area contributed by atoms with Gasteiger partial charge in [0.25, 0.3) is 0 Å². The Morgan fingerprint density at radius 1 is 1.21 bits per heavy atom. The first-order chi connectivity index (χ1) is 11.3. The molecule has 0 aromatic heterocycles. The highest BCUT2D eigenvalue weighted by molar-refractivity contribution is 7.88. The van der Waals surface area contributed by atoms with Gasteiger partial charge in [0, 0.05) is 13.1 Å². The molecule has 1 aromatic carbocycles. The Hall–Kier alpha value is -1.80. The van der Waals surface area contributed by atoms with Crippen molar-refractivity contribution in [3.05, 3.63) is 23.8 Å². The van der Waals surface area contributed by atoms with E-state index in [9.17, 15) is 13.2 Å². The smallest absolute Gasteiger partial charge is 0.235 e. The number of amides is 1. The Morgan fingerprint density at radius 3 is 2.42 bits per heavy atom. The van der Waals surface area contributed by atoms with Crippen molar-refractivity contribution >= 4 is 15.9 Å². The average molecular weight is 358 g/mol. The summed E-state index contributed by atoms with van der Waals surface area (Å²) in [6.45, 7) is 2.51. The molecule has 0 aliphatic rings. The lowest BCUT2D eigenvalue weighted by Gasteiger charge is -2.19. The number of sulfonamides is 1. The third-order valence-electron chi connectivity index (χ3n) is 3.46. The molecule has 8 heteroatoms. The zero-order chi connectivity index (χ0) is 18.2. The van der Waals surface area contributed by atoms with E-state index in [1.165, 1.54) is 4.31 Å². The minimum Gasteiger partial charge on any atom is -0.493 e. The van der Waals surface area contributed by atoms with Crippen LogP contribution in [0, 0.1) is 0 Å². The van der Waals surface area contributed by atoms with Gasteiger partial charge in [0.15, 0.2) is 11.5 Å². The van der Waals surface area contributed by atoms with E-state index in [1.807, 2.05) is 13.0 Å². The molecule has 0 saturated carbocycles. The lowest BCUT2D eigenvalue weighted by Crippen LogP contribution is -2.41. The molecule has 0 fully saturated rings. The van der Waals surface area contributed by atoms with Gasteiger partial charge in [-0.15, -0.1) is 0 Å². The van der Waals surface area contributed by atoms with Crippen molar-refractivity contribution in [1.82, 2.24) is 9.62 Å². The Morgan fingerprint density at radius 2 is 1.88 bits per heavy atom. The van der Waals surface area contributed by atoms with Crippen LogP contribution < -0.4 is 14.8 Å². The van der Waals surface area contributed by atoms with Crippen LogP contribution in [-0.2, 0) is 21.2 Å². The number of nitrogens with one attached hydrogen (secondary N) is 1. The lowest BCUT2D eigenvalue weighted by molar-refractivity contribution is -0.121. The maximum atomic E-state index is 11.9. The molecule has 7 nitrogen and oxygen atoms in total. The van der Waals surface area contributed by atoms with Crippen molar-refractivity contribution in [2.75, 3.05) is 40.1 Å². The van der Waals surface area contributed by atoms with Crippen molar-refractivity contribution in [3.8, 4) is 11.5 Å². The molecule has 0 bridgehead atoms. The molecule has 1 amide bonds. The van der Waals surface area contributed by atoms with Gasteiger partial charge in [0.05, 0.1) is 27.0 Å². The molecule has 0 heterocycles. The van der Waals surface area contributed by atoms with Crippen LogP contribution in [0.25, 0.3) is 0 Å². The van der Waals surface area contributed by atoms with Crippen LogP contribution >= 0.6 is 0 Å². The topological polar surface area (TPSA) is 84.9 Å². The standard InChI is InChI=1S/C16H26N2O5S/c1-5-9-17-16(19)12-18(24(4,20)21)10-8-13-6-7-14(22-2)15(11-13)23-3/h6-7,11H,5,8-10,12H2,1-4H3,(H,17,19). The first-order valence-electron chi connectivity index (χ1n) is 7.74. The number of rotatable bonds is 10. The highest BCUT2D eigenvalue weighted by Gasteiger charge is 2.20. The molecule has 136 valence electrons. The summed E-state index contributed by atoms with van der Waals surface area (Å²) in [5.74, 6) is 0.899. The van der Waals surface area contributed by atoms with Crippen LogP contribution in [0.1, 0.15) is 18.9 Å². The van der Waals surface area contributed by atoms with Crippen LogP contribution in [0.3, 0.4) is 0 Å². The van der Waals surface area contributed by atoms with Crippen molar-refractivity contribution in [1.29, 1.82) is 0 Å². The highest BCUT2D eigenvalue weighted by Crippen LogP contribution is 2.27. The van der Waals surface area contributed by atoms with Crippen LogP contribution in [0.15, 0.2) is 18.2 Å². The number of carbonyl (C=O) groups excluding carboxylic acids is 1. The van der Waals surface area contributed by atoms with E-state index >= 15 is 0 Å². The molecule has 0 atom stereocenters. The van der Waals surface area contributed by atoms with Gasteiger partial charge >= 0.3 is 0 Å². The summed E-state index contributed by atoms with van der Waals surface area (Å²) in [7, 11) is -0.370. The van der Waals surface area contributed by atoms with Gasteiger partial charge in [-0.25, -0.2) is 8.42 Å². The molecule has 0 aliphatic carbocycles. The molecule has 1 N–H and O–H groups in total. The molecule has 1 rings (SSSR count). The summed E-state index contributed by atoms with van der Waals surface area (Å²) >= 11 is 0. The molecule has 0 spiro atoms. The Bertz CT molecular complexity index is 646. The summed E-state index contributed by atoms with van der Waals surface area (Å²) in [6.07, 6.45) is 2.37. The van der Waals surface area contributed by atoms with Gasteiger partial charge in [-0.1, -0.05) is 13.0 Å². The normalized spacial score (nSPS) is 11.4. The minimum atomic E-state index is -3.47. The molecular weight excluding hydrogens is 332 g/mol. The van der Waals surface area contributed by atoms with Crippen molar-refractivity contribution in [3.63, 3.8) is 0 Å². The van der Waals surface area contributed by atoms with Crippen molar-refractivity contribution in [2.24, 2.45) is 0 Å². The SMILES string of the molecule is CCCNC(=O)CN(CCc1ccc(OC)c(OC)c1)S(C)(=O)=O. The lowest BCUT2D eigenvalue weighted by atomic mass is 10.1. The van der Waals surface area contributed by atoms with Crippen molar-refractivity contribution in [2.45, 2.75) is 19.8 Å². The van der Waals surface area contributed by atoms with Gasteiger partial charge in [0.1, 0.15) is 0 Å². The van der Waals surface area contributed by atoms with E-state index in [2.05, 4.69) is 5.32 Å². The van der Waals surface area contributed by atoms with Crippen LogP contribution in [0.2, 0.25) is 0 Å². The summed E-state index contributed by atoms with van der Waals surface area (Å²) in [5.41, 5.74) is 0.898. The maximum absolute atomic E-state index is 11.9. The average Bonchev–Trinajstić information content (AvgIpc) is 2.55. The number of nitrogens with zero attached hydrogens (tertiary/aromatic N) is 1. The fourth-order valence-electron chi connectivity index (χ4n) is 2.13. The zero-order valence-corrected chi connectivity index (χ0v) is 15.5. The second kappa shape index (κ2) is 9.48. The van der Waals surface area contributed by atoms with Crippen molar-refractivity contribution < 1.29 is 22.7 Å². The molecule has 0 unspecified atom stereocenters. The molecule has 0 saturated heterocycles. The number of ether oxygens (including phenoxy) is 2. The molecular formula is C16H26N2O5S. The van der Waals surface area contributed by atoms with Gasteiger partial charge in [0.2, 0.25) is 15.9 Å². The monoisotopic (exact) mass is 358 g/mol. The minimum absolute atomic E-state index is 0.174. The molecule has 24 heavy (non-hydrogen) atoms. The fourth-order valence-corrected chi connectivity index (χ4v) is 2.91. The van der Waals surface area contributed by atoms with E-state index in [1.54, 1.807) is 26.4 Å². The van der Waals surface area contributed by atoms with E-state index in [0.717, 1.165) is 18.2 Å². The summed E-state index contributed by atoms with van der Waals surface area (Å²) in [5, 5.41) is 2.68. The fraction of sp³-hybridized carbons (Fsp3) is 0.562. The van der Waals surface area contributed by atoms with Crippen LogP contribution in [0.5, 0.6) is 11.5 Å². The number of methoxy groups -OCH3 is 2. The second-order valence-electron chi connectivity index (χ2n) is 5.39. The van der Waals surface area contributed by atoms with Gasteiger partial charge < -0.3 is 14.8 Å². The van der Waals surface area contributed by atoms with Crippen LogP contribution in [-0.4, -0.2) is 58.7 Å². The van der Waals surface area contributed by atoms with Gasteiger partial charge in [-0.2, -0.15) is 4.31 Å². The molecule has 1 aromatic rings. The number of benzene rings is 1. The number of hydrogen-bond acceptors (Lipinski definition) is 5. The second-order valence-corrected chi connectivity index (χ2v) is 7.37. The predicted octanol–water partition coefficient (Wildman–Crippen LogP) is 1.03. The number of hydrogen-bond donors (Lipinski definition) is 1. The van der Waals surface area contributed by atoms with Crippen LogP contribution in [0.4, 0.5) is 0 Å². The summed E-state index contributed by atoms with van der Waals surface area (Å²) < 4.78 is 35.4. The first-order valence-corrected chi connectivity index (χ1v) is 9.59. The zero-order valence-electron chi connectivity index (χ0n) is 14.7. The maximum Gasteiger partial charge on any atom is 0.235 e. The Kier molecular flexibility index (Phi) is 8.00. The van der Waals surface area contributed by atoms with Gasteiger partial charge in [-0.05, 0) is 30.5 Å². The van der Waals surface area contributed by atoms with E-state index < -0.39 is 10.0 Å². The quantitative estimate of drug-likeness (QED) is 0.675. The third-order valence-corrected chi connectivity index (χ3v) is 4.71. The largest absolute Gasteiger partial charge is 0.493 e. The summed E-state index contributed by atoms with van der Waals surface area (Å²) in [4.78, 5) is 11.8. The Labute approximate surface area is 144 Å². The van der Waals surface area contributed by atoms with E-state index in [0.29, 0.717) is 24.5 Å². The van der Waals surface area contributed by atoms with Gasteiger partial charge in [-0.3, -0.25) is 4.79 Å². The highest BCUT2D eigenvalue weighted by atomic mass is 32.2. The first kappa shape index (κ1) is 20.2.